The minimum atomic E-state index is 0. The van der Waals surface area contributed by atoms with Crippen molar-refractivity contribution >= 4 is 0 Å². The van der Waals surface area contributed by atoms with E-state index in [1.165, 1.54) is 5.56 Å². The van der Waals surface area contributed by atoms with Gasteiger partial charge >= 0.3 is 18.9 Å². The molecule has 78 valence electrons. The topological polar surface area (TPSA) is 18.5 Å². The molecule has 0 fully saturated rings. The van der Waals surface area contributed by atoms with Gasteiger partial charge in [0, 0.05) is 12.9 Å². The van der Waals surface area contributed by atoms with Crippen LogP contribution in [0.2, 0.25) is 0 Å². The Labute approximate surface area is 104 Å². The third kappa shape index (κ3) is 4.75. The van der Waals surface area contributed by atoms with Crippen molar-refractivity contribution in [3.05, 3.63) is 29.8 Å². The molecule has 0 spiro atoms. The predicted octanol–water partition coefficient (Wildman–Crippen LogP) is -0.229. The first-order valence-electron chi connectivity index (χ1n) is 4.67. The van der Waals surface area contributed by atoms with E-state index in [2.05, 4.69) is 26.8 Å². The van der Waals surface area contributed by atoms with Crippen LogP contribution < -0.4 is 23.6 Å². The minimum absolute atomic E-state index is 0. The van der Waals surface area contributed by atoms with E-state index < -0.39 is 0 Å². The van der Waals surface area contributed by atoms with Gasteiger partial charge in [0.2, 0.25) is 0 Å². The summed E-state index contributed by atoms with van der Waals surface area (Å²) in [5.74, 6) is 0.805. The number of hydrogen-bond acceptors (Lipinski definition) is 2. The maximum Gasteiger partial charge on any atom is 1.00 e. The summed E-state index contributed by atoms with van der Waals surface area (Å²) in [6, 6.07) is 8.89. The van der Waals surface area contributed by atoms with Crippen LogP contribution in [0.3, 0.4) is 0 Å². The first-order chi connectivity index (χ1) is 6.54. The molecule has 0 unspecified atom stereocenters. The van der Waals surface area contributed by atoms with E-state index in [9.17, 15) is 0 Å². The SMILES string of the molecule is COCOc1c[c-]cc(C(C)(C)C)c1.[Li+]. The van der Waals surface area contributed by atoms with Crippen LogP contribution in [-0.4, -0.2) is 13.9 Å². The van der Waals surface area contributed by atoms with Gasteiger partial charge in [-0.1, -0.05) is 26.2 Å². The van der Waals surface area contributed by atoms with Crippen LogP contribution in [0, 0.1) is 6.07 Å². The summed E-state index contributed by atoms with van der Waals surface area (Å²) in [6.07, 6.45) is 0. The fraction of sp³-hybridized carbons (Fsp3) is 0.500. The third-order valence-electron chi connectivity index (χ3n) is 1.97. The maximum absolute atomic E-state index is 5.34. The number of benzene rings is 1. The van der Waals surface area contributed by atoms with Crippen molar-refractivity contribution in [3.8, 4) is 5.75 Å². The van der Waals surface area contributed by atoms with Gasteiger partial charge < -0.3 is 9.47 Å². The summed E-state index contributed by atoms with van der Waals surface area (Å²) >= 11 is 0. The van der Waals surface area contributed by atoms with Crippen LogP contribution in [0.5, 0.6) is 5.75 Å². The van der Waals surface area contributed by atoms with Gasteiger partial charge in [-0.25, -0.2) is 0 Å². The van der Waals surface area contributed by atoms with Gasteiger partial charge in [0.25, 0.3) is 0 Å². The van der Waals surface area contributed by atoms with E-state index in [0.717, 1.165) is 5.75 Å². The van der Waals surface area contributed by atoms with Crippen molar-refractivity contribution in [2.45, 2.75) is 26.2 Å². The van der Waals surface area contributed by atoms with Crippen LogP contribution in [-0.2, 0) is 10.2 Å². The molecular formula is C12H17LiO2. The first-order valence-corrected chi connectivity index (χ1v) is 4.67. The molecule has 0 saturated carbocycles. The number of methoxy groups -OCH3 is 1. The molecule has 1 aromatic rings. The van der Waals surface area contributed by atoms with Gasteiger partial charge in [-0.05, 0) is 0 Å². The molecule has 0 bridgehead atoms. The Morgan fingerprint density at radius 1 is 1.27 bits per heavy atom. The summed E-state index contributed by atoms with van der Waals surface area (Å²) < 4.78 is 10.2. The fourth-order valence-corrected chi connectivity index (χ4v) is 1.09. The van der Waals surface area contributed by atoms with Crippen molar-refractivity contribution in [3.63, 3.8) is 0 Å². The molecule has 0 amide bonds. The number of ether oxygens (including phenoxy) is 2. The van der Waals surface area contributed by atoms with Gasteiger partial charge in [0.1, 0.15) is 0 Å². The van der Waals surface area contributed by atoms with E-state index in [0.29, 0.717) is 0 Å². The Kier molecular flexibility index (Phi) is 6.05. The zero-order valence-corrected chi connectivity index (χ0v) is 10.3. The van der Waals surface area contributed by atoms with Gasteiger partial charge in [0.05, 0.1) is 0 Å². The average molecular weight is 200 g/mol. The Hall–Kier alpha value is -0.423. The Morgan fingerprint density at radius 2 is 1.93 bits per heavy atom. The second-order valence-electron chi connectivity index (χ2n) is 4.26. The van der Waals surface area contributed by atoms with E-state index in [4.69, 9.17) is 9.47 Å². The molecule has 0 radical (unpaired) electrons. The first kappa shape index (κ1) is 14.6. The van der Waals surface area contributed by atoms with Crippen molar-refractivity contribution in [1.29, 1.82) is 0 Å². The van der Waals surface area contributed by atoms with E-state index in [1.807, 2.05) is 18.2 Å². The summed E-state index contributed by atoms with van der Waals surface area (Å²) in [5.41, 5.74) is 1.34. The molecule has 0 aliphatic heterocycles. The molecule has 1 rings (SSSR count). The zero-order chi connectivity index (χ0) is 10.6. The minimum Gasteiger partial charge on any atom is -0.528 e. The third-order valence-corrected chi connectivity index (χ3v) is 1.97. The summed E-state index contributed by atoms with van der Waals surface area (Å²) in [4.78, 5) is 0. The Balaban J connectivity index is 0.00000196. The van der Waals surface area contributed by atoms with Crippen LogP contribution in [0.25, 0.3) is 0 Å². The molecule has 3 heteroatoms. The van der Waals surface area contributed by atoms with Crippen LogP contribution in [0.15, 0.2) is 18.2 Å². The zero-order valence-electron chi connectivity index (χ0n) is 10.3. The van der Waals surface area contributed by atoms with E-state index >= 15 is 0 Å². The van der Waals surface area contributed by atoms with E-state index in [1.54, 1.807) is 7.11 Å². The molecule has 1 aromatic carbocycles. The summed E-state index contributed by atoms with van der Waals surface area (Å²) in [6.45, 7) is 6.77. The predicted molar refractivity (Wildman–Crippen MR) is 56.5 cm³/mol. The maximum atomic E-state index is 5.34. The number of rotatable bonds is 3. The molecular weight excluding hydrogens is 183 g/mol. The molecule has 0 saturated heterocycles. The van der Waals surface area contributed by atoms with Crippen LogP contribution >= 0.6 is 0 Å². The molecule has 2 nitrogen and oxygen atoms in total. The quantitative estimate of drug-likeness (QED) is 0.381. The van der Waals surface area contributed by atoms with Gasteiger partial charge in [-0.3, -0.25) is 0 Å². The average Bonchev–Trinajstić information content (AvgIpc) is 2.14. The van der Waals surface area contributed by atoms with Crippen molar-refractivity contribution in [2.24, 2.45) is 0 Å². The standard InChI is InChI=1S/C12H17O2.Li/c1-12(2,3)10-6-5-7-11(8-10)14-9-13-4;/h6-8H,9H2,1-4H3;/q-1;+1. The Morgan fingerprint density at radius 3 is 2.47 bits per heavy atom. The fourth-order valence-electron chi connectivity index (χ4n) is 1.09. The molecule has 0 aromatic heterocycles. The van der Waals surface area contributed by atoms with Crippen molar-refractivity contribution in [2.75, 3.05) is 13.9 Å². The largest absolute Gasteiger partial charge is 1.00 e. The monoisotopic (exact) mass is 200 g/mol. The second-order valence-corrected chi connectivity index (χ2v) is 4.26. The van der Waals surface area contributed by atoms with Crippen molar-refractivity contribution < 1.29 is 28.3 Å². The van der Waals surface area contributed by atoms with Gasteiger partial charge in [-0.15, -0.1) is 17.7 Å². The van der Waals surface area contributed by atoms with Gasteiger partial charge in [-0.2, -0.15) is 12.1 Å². The van der Waals surface area contributed by atoms with Crippen LogP contribution in [0.4, 0.5) is 0 Å². The summed E-state index contributed by atoms with van der Waals surface area (Å²) in [7, 11) is 1.61. The summed E-state index contributed by atoms with van der Waals surface area (Å²) in [5, 5.41) is 0. The molecule has 0 aliphatic rings. The second kappa shape index (κ2) is 6.22. The molecule has 0 N–H and O–H groups in total. The van der Waals surface area contributed by atoms with E-state index in [-0.39, 0.29) is 31.1 Å². The molecule has 15 heavy (non-hydrogen) atoms. The van der Waals surface area contributed by atoms with Gasteiger partial charge in [0.15, 0.2) is 6.79 Å². The smallest absolute Gasteiger partial charge is 0.528 e. The molecule has 0 heterocycles. The molecule has 0 atom stereocenters. The normalized spacial score (nSPS) is 10.7. The Bertz CT molecular complexity index is 292. The van der Waals surface area contributed by atoms with Crippen molar-refractivity contribution in [1.82, 2.24) is 0 Å². The number of hydrogen-bond donors (Lipinski definition) is 0. The molecule has 0 aliphatic carbocycles. The van der Waals surface area contributed by atoms with Crippen LogP contribution in [0.1, 0.15) is 26.3 Å².